The van der Waals surface area contributed by atoms with E-state index in [2.05, 4.69) is 10.3 Å². The fraction of sp³-hybridized carbons (Fsp3) is 0.368. The van der Waals surface area contributed by atoms with Gasteiger partial charge in [-0.2, -0.15) is 4.89 Å². The summed E-state index contributed by atoms with van der Waals surface area (Å²) in [6, 6.07) is 5.17. The Morgan fingerprint density at radius 2 is 2.04 bits per heavy atom. The third-order valence-corrected chi connectivity index (χ3v) is 5.40. The Morgan fingerprint density at radius 1 is 1.30 bits per heavy atom. The number of methoxy groups -OCH3 is 1. The average molecular weight is 409 g/mol. The highest BCUT2D eigenvalue weighted by Crippen LogP contribution is 2.39. The predicted molar refractivity (Wildman–Crippen MR) is 101 cm³/mol. The summed E-state index contributed by atoms with van der Waals surface area (Å²) < 4.78 is 5.59. The molecule has 1 fully saturated rings. The lowest BCUT2D eigenvalue weighted by molar-refractivity contribution is -0.279. The maximum Gasteiger partial charge on any atom is 0.255 e. The van der Waals surface area contributed by atoms with E-state index >= 15 is 0 Å². The van der Waals surface area contributed by atoms with Crippen molar-refractivity contribution in [1.82, 2.24) is 4.98 Å². The fourth-order valence-electron chi connectivity index (χ4n) is 3.29. The second-order valence-corrected chi connectivity index (χ2v) is 7.53. The van der Waals surface area contributed by atoms with Crippen LogP contribution in [0.3, 0.4) is 0 Å². The molecule has 2 aliphatic rings. The van der Waals surface area contributed by atoms with E-state index < -0.39 is 0 Å². The number of nitrogens with one attached hydrogen (secondary N) is 1. The Labute approximate surface area is 166 Å². The SMILES string of the molecule is COC(C1CC1)C1Cc2cc(C(=O)Nc3c(Cl)cncc3Cl)ccc2OO1. The normalized spacial score (nSPS) is 19.7. The summed E-state index contributed by atoms with van der Waals surface area (Å²) in [7, 11) is 1.69. The van der Waals surface area contributed by atoms with Gasteiger partial charge in [0.15, 0.2) is 5.75 Å². The fourth-order valence-corrected chi connectivity index (χ4v) is 3.74. The number of nitrogens with zero attached hydrogens (tertiary/aromatic N) is 1. The number of aromatic nitrogens is 1. The minimum atomic E-state index is -0.318. The lowest BCUT2D eigenvalue weighted by Crippen LogP contribution is -2.38. The van der Waals surface area contributed by atoms with Crippen LogP contribution in [-0.2, 0) is 16.0 Å². The monoisotopic (exact) mass is 408 g/mol. The highest BCUT2D eigenvalue weighted by molar-refractivity contribution is 6.39. The lowest BCUT2D eigenvalue weighted by atomic mass is 9.97. The van der Waals surface area contributed by atoms with Crippen molar-refractivity contribution in [2.45, 2.75) is 31.5 Å². The molecule has 0 saturated heterocycles. The van der Waals surface area contributed by atoms with Crippen LogP contribution in [0.2, 0.25) is 10.0 Å². The maximum absolute atomic E-state index is 12.6. The van der Waals surface area contributed by atoms with E-state index in [0.29, 0.717) is 29.3 Å². The Kier molecular flexibility index (Phi) is 5.23. The number of pyridine rings is 1. The van der Waals surface area contributed by atoms with E-state index in [4.69, 9.17) is 37.7 Å². The van der Waals surface area contributed by atoms with Crippen molar-refractivity contribution in [1.29, 1.82) is 0 Å². The average Bonchev–Trinajstić information content (AvgIpc) is 3.50. The minimum absolute atomic E-state index is 0.00920. The number of amides is 1. The van der Waals surface area contributed by atoms with Crippen molar-refractivity contribution >= 4 is 34.8 Å². The van der Waals surface area contributed by atoms with Gasteiger partial charge in [0, 0.05) is 37.1 Å². The summed E-state index contributed by atoms with van der Waals surface area (Å²) in [6.07, 6.45) is 5.54. The van der Waals surface area contributed by atoms with E-state index in [0.717, 1.165) is 18.4 Å². The smallest absolute Gasteiger partial charge is 0.255 e. The predicted octanol–water partition coefficient (Wildman–Crippen LogP) is 4.30. The summed E-state index contributed by atoms with van der Waals surface area (Å²) in [6.45, 7) is 0. The first kappa shape index (κ1) is 18.5. The van der Waals surface area contributed by atoms with Gasteiger partial charge in [0.1, 0.15) is 6.10 Å². The van der Waals surface area contributed by atoms with Crippen molar-refractivity contribution < 1.29 is 19.3 Å². The highest BCUT2D eigenvalue weighted by atomic mass is 35.5. The lowest BCUT2D eigenvalue weighted by Gasteiger charge is -2.29. The number of rotatable bonds is 5. The van der Waals surface area contributed by atoms with Gasteiger partial charge in [0.05, 0.1) is 21.8 Å². The van der Waals surface area contributed by atoms with E-state index in [9.17, 15) is 4.79 Å². The Bertz CT molecular complexity index is 853. The van der Waals surface area contributed by atoms with E-state index in [1.54, 1.807) is 25.3 Å². The topological polar surface area (TPSA) is 69.7 Å². The molecule has 1 aliphatic carbocycles. The van der Waals surface area contributed by atoms with Crippen molar-refractivity contribution in [3.8, 4) is 5.75 Å². The van der Waals surface area contributed by atoms with Gasteiger partial charge in [0.2, 0.25) is 0 Å². The van der Waals surface area contributed by atoms with Crippen molar-refractivity contribution in [2.75, 3.05) is 12.4 Å². The molecule has 4 rings (SSSR count). The van der Waals surface area contributed by atoms with Gasteiger partial charge in [-0.15, -0.1) is 0 Å². The van der Waals surface area contributed by atoms with Gasteiger partial charge < -0.3 is 14.9 Å². The van der Waals surface area contributed by atoms with Crippen molar-refractivity contribution in [3.63, 3.8) is 0 Å². The molecule has 1 aromatic carbocycles. The van der Waals surface area contributed by atoms with Crippen molar-refractivity contribution in [3.05, 3.63) is 51.8 Å². The van der Waals surface area contributed by atoms with E-state index in [-0.39, 0.29) is 28.2 Å². The molecule has 142 valence electrons. The van der Waals surface area contributed by atoms with Gasteiger partial charge in [-0.25, -0.2) is 0 Å². The summed E-state index contributed by atoms with van der Waals surface area (Å²) in [5.74, 6) is 0.794. The quantitative estimate of drug-likeness (QED) is 0.746. The molecule has 0 bridgehead atoms. The molecule has 8 heteroatoms. The third kappa shape index (κ3) is 3.89. The molecule has 1 aromatic heterocycles. The molecule has 2 atom stereocenters. The molecule has 27 heavy (non-hydrogen) atoms. The molecule has 2 heterocycles. The molecule has 1 amide bonds. The maximum atomic E-state index is 12.6. The van der Waals surface area contributed by atoms with Crippen LogP contribution in [0.4, 0.5) is 5.69 Å². The molecule has 0 spiro atoms. The summed E-state index contributed by atoms with van der Waals surface area (Å²) in [5.41, 5.74) is 1.71. The second kappa shape index (κ2) is 7.64. The molecule has 0 radical (unpaired) electrons. The zero-order valence-corrected chi connectivity index (χ0v) is 16.1. The van der Waals surface area contributed by atoms with Crippen LogP contribution >= 0.6 is 23.2 Å². The van der Waals surface area contributed by atoms with Gasteiger partial charge in [0.25, 0.3) is 5.91 Å². The van der Waals surface area contributed by atoms with Gasteiger partial charge in [-0.3, -0.25) is 9.78 Å². The standard InChI is InChI=1S/C19H18Cl2N2O4/c1-25-18(10-2-3-10)16-7-12-6-11(4-5-15(12)26-27-16)19(24)23-17-13(20)8-22-9-14(17)21/h4-6,8-10,16,18H,2-3,7H2,1H3,(H,22,23,24). The van der Waals surface area contributed by atoms with Crippen LogP contribution in [0.15, 0.2) is 30.6 Å². The van der Waals surface area contributed by atoms with Crippen LogP contribution in [0.25, 0.3) is 0 Å². The van der Waals surface area contributed by atoms with Crippen molar-refractivity contribution in [2.24, 2.45) is 5.92 Å². The largest absolute Gasteiger partial charge is 0.378 e. The number of anilines is 1. The van der Waals surface area contributed by atoms with Crippen LogP contribution < -0.4 is 10.2 Å². The number of ether oxygens (including phenoxy) is 1. The Balaban J connectivity index is 1.53. The van der Waals surface area contributed by atoms with Crippen LogP contribution in [-0.4, -0.2) is 30.2 Å². The first-order chi connectivity index (χ1) is 13.1. The molecule has 1 N–H and O–H groups in total. The van der Waals surface area contributed by atoms with Crippen LogP contribution in [0.5, 0.6) is 5.75 Å². The molecule has 2 aromatic rings. The Morgan fingerprint density at radius 3 is 2.70 bits per heavy atom. The number of hydrogen-bond acceptors (Lipinski definition) is 5. The van der Waals surface area contributed by atoms with Gasteiger partial charge in [-0.05, 0) is 37.0 Å². The minimum Gasteiger partial charge on any atom is -0.378 e. The zero-order valence-electron chi connectivity index (χ0n) is 14.6. The number of hydrogen-bond donors (Lipinski definition) is 1. The number of carbonyl (C=O) groups is 1. The number of benzene rings is 1. The molecular weight excluding hydrogens is 391 g/mol. The zero-order chi connectivity index (χ0) is 19.0. The molecule has 1 saturated carbocycles. The number of halogens is 2. The van der Waals surface area contributed by atoms with E-state index in [1.165, 1.54) is 12.4 Å². The first-order valence-corrected chi connectivity index (χ1v) is 9.42. The molecule has 6 nitrogen and oxygen atoms in total. The van der Waals surface area contributed by atoms with Gasteiger partial charge >= 0.3 is 0 Å². The summed E-state index contributed by atoms with van der Waals surface area (Å²) in [5, 5.41) is 3.29. The number of fused-ring (bicyclic) bond motifs is 1. The van der Waals surface area contributed by atoms with Crippen LogP contribution in [0.1, 0.15) is 28.8 Å². The van der Waals surface area contributed by atoms with Crippen LogP contribution in [0, 0.1) is 5.92 Å². The molecule has 1 aliphatic heterocycles. The highest BCUT2D eigenvalue weighted by Gasteiger charge is 2.40. The first-order valence-electron chi connectivity index (χ1n) is 8.66. The molecule has 2 unspecified atom stereocenters. The second-order valence-electron chi connectivity index (χ2n) is 6.71. The summed E-state index contributed by atoms with van der Waals surface area (Å²) in [4.78, 5) is 27.5. The Hall–Kier alpha value is -1.86. The van der Waals surface area contributed by atoms with Gasteiger partial charge in [-0.1, -0.05) is 23.2 Å². The third-order valence-electron chi connectivity index (χ3n) is 4.82. The van der Waals surface area contributed by atoms with E-state index in [1.807, 2.05) is 0 Å². The molecular formula is C19H18Cl2N2O4. The number of carbonyl (C=O) groups excluding carboxylic acids is 1. The summed E-state index contributed by atoms with van der Waals surface area (Å²) >= 11 is 12.1.